The number of carbonyl (C=O) groups is 3. The Balaban J connectivity index is 1.83. The average Bonchev–Trinajstić information content (AvgIpc) is 3.26. The molecule has 2 aromatic rings. The highest BCUT2D eigenvalue weighted by Crippen LogP contribution is 2.30. The number of rotatable bonds is 6. The second-order valence-electron chi connectivity index (χ2n) is 6.31. The molecule has 1 aliphatic rings. The van der Waals surface area contributed by atoms with E-state index in [2.05, 4.69) is 10.6 Å². The summed E-state index contributed by atoms with van der Waals surface area (Å²) in [6.07, 6.45) is -3.18. The number of benzene rings is 1. The van der Waals surface area contributed by atoms with Crippen molar-refractivity contribution in [2.75, 3.05) is 13.2 Å². The number of halogens is 3. The van der Waals surface area contributed by atoms with Gasteiger partial charge in [0.15, 0.2) is 0 Å². The predicted octanol–water partition coefficient (Wildman–Crippen LogP) is 3.33. The van der Waals surface area contributed by atoms with Gasteiger partial charge >= 0.3 is 24.1 Å². The maximum Gasteiger partial charge on any atom is 0.416 e. The van der Waals surface area contributed by atoms with Crippen LogP contribution in [-0.4, -0.2) is 31.2 Å². The van der Waals surface area contributed by atoms with Crippen LogP contribution in [0.1, 0.15) is 34.6 Å². The lowest BCUT2D eigenvalue weighted by atomic mass is 10.0. The Hall–Kier alpha value is -3.76. The third-order valence-electron chi connectivity index (χ3n) is 4.27. The van der Waals surface area contributed by atoms with Crippen LogP contribution in [0.25, 0.3) is 0 Å². The van der Waals surface area contributed by atoms with E-state index < -0.39 is 42.4 Å². The quantitative estimate of drug-likeness (QED) is 0.670. The molecule has 1 aromatic heterocycles. The Morgan fingerprint density at radius 2 is 1.81 bits per heavy atom. The van der Waals surface area contributed by atoms with Crippen LogP contribution in [0, 0.1) is 0 Å². The minimum absolute atomic E-state index is 0.0309. The lowest BCUT2D eigenvalue weighted by Crippen LogP contribution is -2.47. The van der Waals surface area contributed by atoms with Crippen molar-refractivity contribution in [2.24, 2.45) is 0 Å². The second kappa shape index (κ2) is 8.94. The van der Waals surface area contributed by atoms with Crippen molar-refractivity contribution in [3.05, 3.63) is 70.8 Å². The molecule has 1 aliphatic heterocycles. The number of amides is 2. The molecule has 11 heteroatoms. The number of nitrogens with one attached hydrogen (secondary N) is 2. The van der Waals surface area contributed by atoms with Crippen molar-refractivity contribution in [2.45, 2.75) is 19.1 Å². The minimum atomic E-state index is -4.54. The number of furan rings is 1. The third-order valence-corrected chi connectivity index (χ3v) is 4.27. The first kappa shape index (κ1) is 21.9. The Morgan fingerprint density at radius 3 is 2.39 bits per heavy atom. The van der Waals surface area contributed by atoms with Crippen LogP contribution in [0.5, 0.6) is 0 Å². The van der Waals surface area contributed by atoms with E-state index in [9.17, 15) is 27.6 Å². The molecule has 2 N–H and O–H groups in total. The maximum absolute atomic E-state index is 12.7. The number of alkyl halides is 3. The molecule has 0 bridgehead atoms. The molecule has 0 saturated carbocycles. The Morgan fingerprint density at radius 1 is 1.10 bits per heavy atom. The van der Waals surface area contributed by atoms with Gasteiger partial charge in [0, 0.05) is 0 Å². The highest BCUT2D eigenvalue weighted by molar-refractivity contribution is 5.95. The first-order chi connectivity index (χ1) is 14.7. The van der Waals surface area contributed by atoms with Gasteiger partial charge in [0.2, 0.25) is 0 Å². The molecule has 0 spiro atoms. The van der Waals surface area contributed by atoms with Gasteiger partial charge in [-0.2, -0.15) is 13.2 Å². The van der Waals surface area contributed by atoms with E-state index in [1.54, 1.807) is 19.1 Å². The van der Waals surface area contributed by atoms with Crippen molar-refractivity contribution < 1.29 is 41.4 Å². The molecule has 0 saturated heterocycles. The van der Waals surface area contributed by atoms with E-state index in [1.165, 1.54) is 6.26 Å². The van der Waals surface area contributed by atoms with Gasteiger partial charge < -0.3 is 24.5 Å². The van der Waals surface area contributed by atoms with Crippen molar-refractivity contribution in [1.29, 1.82) is 0 Å². The Bertz CT molecular complexity index is 997. The van der Waals surface area contributed by atoms with Gasteiger partial charge in [0.25, 0.3) is 0 Å². The lowest BCUT2D eigenvalue weighted by Gasteiger charge is -2.27. The first-order valence-electron chi connectivity index (χ1n) is 9.06. The first-order valence-corrected chi connectivity index (χ1v) is 9.06. The molecular formula is C20H17F3N2O6. The van der Waals surface area contributed by atoms with E-state index in [0.717, 1.165) is 24.3 Å². The third kappa shape index (κ3) is 5.05. The van der Waals surface area contributed by atoms with Gasteiger partial charge in [-0.15, -0.1) is 0 Å². The predicted molar refractivity (Wildman–Crippen MR) is 98.5 cm³/mol. The van der Waals surface area contributed by atoms with Crippen molar-refractivity contribution in [3.8, 4) is 0 Å². The van der Waals surface area contributed by atoms with Crippen LogP contribution in [0.15, 0.2) is 58.3 Å². The minimum Gasteiger partial charge on any atom is -0.467 e. The van der Waals surface area contributed by atoms with Crippen molar-refractivity contribution >= 4 is 18.0 Å². The van der Waals surface area contributed by atoms with Gasteiger partial charge in [-0.1, -0.05) is 0 Å². The van der Waals surface area contributed by atoms with Gasteiger partial charge in [-0.3, -0.25) is 0 Å². The highest BCUT2D eigenvalue weighted by Gasteiger charge is 2.36. The lowest BCUT2D eigenvalue weighted by molar-refractivity contribution is -0.139. The van der Waals surface area contributed by atoms with Gasteiger partial charge in [-0.25, -0.2) is 14.4 Å². The second-order valence-corrected chi connectivity index (χ2v) is 6.31. The van der Waals surface area contributed by atoms with Gasteiger partial charge in [0.1, 0.15) is 18.4 Å². The monoisotopic (exact) mass is 438 g/mol. The van der Waals surface area contributed by atoms with E-state index >= 15 is 0 Å². The molecule has 8 nitrogen and oxygen atoms in total. The SMILES string of the molecule is CCOC(=O)C1=C(COC(=O)c2ccc(C(F)(F)F)cc2)NC(=O)NC1c1ccco1. The number of hydrogen-bond donors (Lipinski definition) is 2. The largest absolute Gasteiger partial charge is 0.467 e. The van der Waals surface area contributed by atoms with E-state index in [4.69, 9.17) is 13.9 Å². The van der Waals surface area contributed by atoms with Crippen LogP contribution in [0.3, 0.4) is 0 Å². The molecule has 0 radical (unpaired) electrons. The number of ether oxygens (including phenoxy) is 2. The standard InChI is InChI=1S/C20H17F3N2O6/c1-2-29-18(27)15-13(24-19(28)25-16(15)14-4-3-9-30-14)10-31-17(26)11-5-7-12(8-6-11)20(21,22)23/h3-9,16H,2,10H2,1H3,(H2,24,25,28). The molecule has 2 heterocycles. The zero-order valence-corrected chi connectivity index (χ0v) is 16.1. The molecule has 1 aromatic carbocycles. The maximum atomic E-state index is 12.7. The number of urea groups is 1. The zero-order valence-electron chi connectivity index (χ0n) is 16.1. The highest BCUT2D eigenvalue weighted by atomic mass is 19.4. The fourth-order valence-electron chi connectivity index (χ4n) is 2.87. The molecule has 2 amide bonds. The molecule has 1 atom stereocenters. The summed E-state index contributed by atoms with van der Waals surface area (Å²) in [5.41, 5.74) is -1.11. The zero-order chi connectivity index (χ0) is 22.6. The summed E-state index contributed by atoms with van der Waals surface area (Å²) in [5.74, 6) is -1.45. The molecular weight excluding hydrogens is 421 g/mol. The number of hydrogen-bond acceptors (Lipinski definition) is 6. The van der Waals surface area contributed by atoms with E-state index in [-0.39, 0.29) is 29.2 Å². The van der Waals surface area contributed by atoms with Crippen LogP contribution in [0.4, 0.5) is 18.0 Å². The summed E-state index contributed by atoms with van der Waals surface area (Å²) in [6, 6.07) is 4.89. The van der Waals surface area contributed by atoms with Crippen LogP contribution in [-0.2, 0) is 20.4 Å². The van der Waals surface area contributed by atoms with Gasteiger partial charge in [-0.05, 0) is 43.3 Å². The summed E-state index contributed by atoms with van der Waals surface area (Å²) >= 11 is 0. The average molecular weight is 438 g/mol. The molecule has 31 heavy (non-hydrogen) atoms. The van der Waals surface area contributed by atoms with E-state index in [1.807, 2.05) is 0 Å². The molecule has 0 aliphatic carbocycles. The van der Waals surface area contributed by atoms with Crippen LogP contribution >= 0.6 is 0 Å². The van der Waals surface area contributed by atoms with Crippen molar-refractivity contribution in [1.82, 2.24) is 10.6 Å². The molecule has 164 valence electrons. The van der Waals surface area contributed by atoms with E-state index in [0.29, 0.717) is 0 Å². The normalized spacial score (nSPS) is 16.4. The summed E-state index contributed by atoms with van der Waals surface area (Å²) in [5, 5.41) is 4.92. The fourth-order valence-corrected chi connectivity index (χ4v) is 2.87. The fraction of sp³-hybridized carbons (Fsp3) is 0.250. The Labute approximate surface area is 174 Å². The molecule has 3 rings (SSSR count). The number of esters is 2. The summed E-state index contributed by atoms with van der Waals surface area (Å²) in [4.78, 5) is 36.8. The van der Waals surface area contributed by atoms with Gasteiger partial charge in [0.05, 0.1) is 35.3 Å². The molecule has 0 fully saturated rings. The van der Waals surface area contributed by atoms with Crippen molar-refractivity contribution in [3.63, 3.8) is 0 Å². The summed E-state index contributed by atoms with van der Waals surface area (Å²) in [6.45, 7) is 1.12. The summed E-state index contributed by atoms with van der Waals surface area (Å²) in [7, 11) is 0. The molecule has 1 unspecified atom stereocenters. The van der Waals surface area contributed by atoms with Crippen LogP contribution in [0.2, 0.25) is 0 Å². The number of carbonyl (C=O) groups excluding carboxylic acids is 3. The summed E-state index contributed by atoms with van der Waals surface area (Å²) < 4.78 is 53.4. The smallest absolute Gasteiger partial charge is 0.416 e. The van der Waals surface area contributed by atoms with Crippen LogP contribution < -0.4 is 10.6 Å². The topological polar surface area (TPSA) is 107 Å². The Kier molecular flexibility index (Phi) is 6.33.